The lowest BCUT2D eigenvalue weighted by molar-refractivity contribution is 0.299. The predicted octanol–water partition coefficient (Wildman–Crippen LogP) is 4.68. The first-order valence-electron chi connectivity index (χ1n) is 12.5. The Morgan fingerprint density at radius 3 is 2.82 bits per heavy atom. The van der Waals surface area contributed by atoms with Gasteiger partial charge in [0.25, 0.3) is 0 Å². The van der Waals surface area contributed by atoms with Gasteiger partial charge in [0.15, 0.2) is 0 Å². The third-order valence-electron chi connectivity index (χ3n) is 7.13. The Kier molecular flexibility index (Phi) is 8.30. The minimum atomic E-state index is -1.98. The van der Waals surface area contributed by atoms with Gasteiger partial charge >= 0.3 is 0 Å². The molecule has 2 aliphatic rings. The molecule has 7 heteroatoms. The molecule has 186 valence electrons. The largest absolute Gasteiger partial charge is 0.496 e. The molecule has 1 aliphatic heterocycles. The molecule has 2 aromatic rings. The van der Waals surface area contributed by atoms with E-state index in [4.69, 9.17) is 4.74 Å². The molecule has 2 N–H and O–H groups in total. The SMILES string of the molecule is COc1cccc2c1CCC[C@H]2CN(C)CCc1ccc2c(c1)NC(N(CC(C)C)S(=O)O)C2. The number of methoxy groups -OCH3 is 1. The average Bonchev–Trinajstić information content (AvgIpc) is 3.23. The zero-order chi connectivity index (χ0) is 24.2. The van der Waals surface area contributed by atoms with E-state index in [1.165, 1.54) is 35.1 Å². The monoisotopic (exact) mass is 485 g/mol. The Morgan fingerprint density at radius 2 is 2.09 bits per heavy atom. The molecule has 0 saturated carbocycles. The third-order valence-corrected chi connectivity index (χ3v) is 7.93. The Morgan fingerprint density at radius 1 is 1.26 bits per heavy atom. The first kappa shape index (κ1) is 25.2. The zero-order valence-electron chi connectivity index (χ0n) is 20.9. The van der Waals surface area contributed by atoms with Crippen molar-refractivity contribution in [1.29, 1.82) is 0 Å². The number of benzene rings is 2. The average molecular weight is 486 g/mol. The molecular weight excluding hydrogens is 446 g/mol. The van der Waals surface area contributed by atoms with Crippen LogP contribution in [0.15, 0.2) is 36.4 Å². The van der Waals surface area contributed by atoms with E-state index in [1.54, 1.807) is 11.4 Å². The summed E-state index contributed by atoms with van der Waals surface area (Å²) in [7, 11) is 3.99. The summed E-state index contributed by atoms with van der Waals surface area (Å²) in [5.74, 6) is 1.91. The van der Waals surface area contributed by atoms with Crippen LogP contribution in [-0.4, -0.2) is 57.9 Å². The van der Waals surface area contributed by atoms with Crippen LogP contribution in [-0.2, 0) is 30.5 Å². The first-order chi connectivity index (χ1) is 16.4. The standard InChI is InChI=1S/C27H39N3O3S/c1-19(2)17-30(34(31)32)27-16-21-12-11-20(15-25(21)28-27)13-14-29(3)18-22-7-5-9-24-23(22)8-6-10-26(24)33-4/h6,8,10-12,15,19,22,27-28H,5,7,9,13-14,16-18H2,1-4H3,(H,31,32)/t22-,27?/m0/s1. The molecule has 3 atom stereocenters. The van der Waals surface area contributed by atoms with Crippen molar-refractivity contribution in [3.63, 3.8) is 0 Å². The molecule has 1 aliphatic carbocycles. The lowest BCUT2D eigenvalue weighted by Crippen LogP contribution is -2.42. The molecule has 1 heterocycles. The summed E-state index contributed by atoms with van der Waals surface area (Å²) in [5, 5.41) is 3.48. The topological polar surface area (TPSA) is 65.0 Å². The van der Waals surface area contributed by atoms with Crippen molar-refractivity contribution < 1.29 is 13.5 Å². The van der Waals surface area contributed by atoms with E-state index in [9.17, 15) is 8.76 Å². The molecule has 0 bridgehead atoms. The molecule has 0 aromatic heterocycles. The van der Waals surface area contributed by atoms with Gasteiger partial charge in [-0.3, -0.25) is 4.55 Å². The quantitative estimate of drug-likeness (QED) is 0.479. The Labute approximate surface area is 207 Å². The number of fused-ring (bicyclic) bond motifs is 2. The van der Waals surface area contributed by atoms with Crippen LogP contribution in [0.5, 0.6) is 5.75 Å². The second kappa shape index (κ2) is 11.2. The fraction of sp³-hybridized carbons (Fsp3) is 0.556. The van der Waals surface area contributed by atoms with Gasteiger partial charge in [-0.15, -0.1) is 0 Å². The van der Waals surface area contributed by atoms with E-state index in [0.717, 1.165) is 43.8 Å². The molecule has 2 unspecified atom stereocenters. The molecule has 0 radical (unpaired) electrons. The molecule has 0 amide bonds. The van der Waals surface area contributed by atoms with Crippen LogP contribution in [0, 0.1) is 5.92 Å². The number of anilines is 1. The van der Waals surface area contributed by atoms with Gasteiger partial charge in [0.05, 0.1) is 13.3 Å². The Hall–Kier alpha value is -1.93. The smallest absolute Gasteiger partial charge is 0.236 e. The maximum absolute atomic E-state index is 11.9. The number of rotatable bonds is 10. The van der Waals surface area contributed by atoms with Crippen molar-refractivity contribution in [3.8, 4) is 5.75 Å². The van der Waals surface area contributed by atoms with E-state index in [1.807, 2.05) is 0 Å². The number of likely N-dealkylation sites (N-methyl/N-ethyl adjacent to an activating group) is 1. The zero-order valence-corrected chi connectivity index (χ0v) is 21.7. The number of ether oxygens (including phenoxy) is 1. The van der Waals surface area contributed by atoms with Crippen molar-refractivity contribution in [3.05, 3.63) is 58.7 Å². The molecule has 0 fully saturated rings. The highest BCUT2D eigenvalue weighted by atomic mass is 32.2. The van der Waals surface area contributed by atoms with Crippen molar-refractivity contribution in [2.45, 2.75) is 58.0 Å². The maximum Gasteiger partial charge on any atom is 0.236 e. The van der Waals surface area contributed by atoms with Crippen molar-refractivity contribution in [2.24, 2.45) is 5.92 Å². The second-order valence-electron chi connectivity index (χ2n) is 10.2. The lowest BCUT2D eigenvalue weighted by Gasteiger charge is -2.30. The number of nitrogens with zero attached hydrogens (tertiary/aromatic N) is 2. The van der Waals surface area contributed by atoms with Gasteiger partial charge in [-0.1, -0.05) is 38.1 Å². The summed E-state index contributed by atoms with van der Waals surface area (Å²) < 4.78 is 28.9. The number of nitrogens with one attached hydrogen (secondary N) is 1. The van der Waals surface area contributed by atoms with Crippen LogP contribution in [0.2, 0.25) is 0 Å². The minimum absolute atomic E-state index is 0.135. The van der Waals surface area contributed by atoms with E-state index in [-0.39, 0.29) is 6.17 Å². The highest BCUT2D eigenvalue weighted by molar-refractivity contribution is 7.76. The van der Waals surface area contributed by atoms with Gasteiger partial charge in [0.2, 0.25) is 11.3 Å². The van der Waals surface area contributed by atoms with Crippen LogP contribution >= 0.6 is 0 Å². The van der Waals surface area contributed by atoms with Gasteiger partial charge in [-0.2, -0.15) is 4.31 Å². The summed E-state index contributed by atoms with van der Waals surface area (Å²) in [6.07, 6.45) is 5.16. The van der Waals surface area contributed by atoms with Gasteiger partial charge in [0, 0.05) is 31.7 Å². The van der Waals surface area contributed by atoms with E-state index >= 15 is 0 Å². The molecule has 6 nitrogen and oxygen atoms in total. The van der Waals surface area contributed by atoms with Crippen LogP contribution in [0.3, 0.4) is 0 Å². The Bertz CT molecular complexity index is 1010. The van der Waals surface area contributed by atoms with E-state index in [2.05, 4.69) is 67.5 Å². The molecule has 0 spiro atoms. The number of hydrogen-bond donors (Lipinski definition) is 2. The number of hydrogen-bond acceptors (Lipinski definition) is 4. The van der Waals surface area contributed by atoms with Gasteiger partial charge in [-0.05, 0) is 79.0 Å². The fourth-order valence-electron chi connectivity index (χ4n) is 5.45. The molecule has 0 saturated heterocycles. The predicted molar refractivity (Wildman–Crippen MR) is 140 cm³/mol. The molecule has 2 aromatic carbocycles. The van der Waals surface area contributed by atoms with Gasteiger partial charge < -0.3 is 15.0 Å². The fourth-order valence-corrected chi connectivity index (χ4v) is 6.22. The highest BCUT2D eigenvalue weighted by Gasteiger charge is 2.30. The van der Waals surface area contributed by atoms with E-state index < -0.39 is 11.3 Å². The van der Waals surface area contributed by atoms with Gasteiger partial charge in [0.1, 0.15) is 5.75 Å². The van der Waals surface area contributed by atoms with Crippen LogP contribution in [0.4, 0.5) is 5.69 Å². The van der Waals surface area contributed by atoms with Crippen LogP contribution < -0.4 is 10.1 Å². The lowest BCUT2D eigenvalue weighted by atomic mass is 9.82. The maximum atomic E-state index is 11.9. The molecule has 4 rings (SSSR count). The minimum Gasteiger partial charge on any atom is -0.496 e. The Balaban J connectivity index is 1.34. The molecule has 34 heavy (non-hydrogen) atoms. The highest BCUT2D eigenvalue weighted by Crippen LogP contribution is 2.37. The normalized spacial score (nSPS) is 20.4. The van der Waals surface area contributed by atoms with E-state index in [0.29, 0.717) is 18.4 Å². The third kappa shape index (κ3) is 5.82. The summed E-state index contributed by atoms with van der Waals surface area (Å²) in [5.41, 5.74) is 6.46. The van der Waals surface area contributed by atoms with Gasteiger partial charge in [-0.25, -0.2) is 4.21 Å². The molecular formula is C27H39N3O3S. The van der Waals surface area contributed by atoms with Crippen molar-refractivity contribution in [1.82, 2.24) is 9.21 Å². The van der Waals surface area contributed by atoms with Crippen molar-refractivity contribution in [2.75, 3.05) is 39.1 Å². The second-order valence-corrected chi connectivity index (χ2v) is 11.1. The van der Waals surface area contributed by atoms with Crippen LogP contribution in [0.1, 0.15) is 54.9 Å². The summed E-state index contributed by atoms with van der Waals surface area (Å²) in [6, 6.07) is 13.1. The first-order valence-corrected chi connectivity index (χ1v) is 13.5. The van der Waals surface area contributed by atoms with Crippen LogP contribution in [0.25, 0.3) is 0 Å². The summed E-state index contributed by atoms with van der Waals surface area (Å²) >= 11 is -1.98. The summed E-state index contributed by atoms with van der Waals surface area (Å²) in [4.78, 5) is 2.45. The summed E-state index contributed by atoms with van der Waals surface area (Å²) in [6.45, 7) is 6.77. The van der Waals surface area contributed by atoms with Crippen molar-refractivity contribution >= 4 is 17.0 Å².